The fraction of sp³-hybridized carbons (Fsp3) is 0. The maximum atomic E-state index is 6.17. The van der Waals surface area contributed by atoms with Crippen molar-refractivity contribution >= 4 is 76.3 Å². The molecule has 55 heavy (non-hydrogen) atoms. The fourth-order valence-electron chi connectivity index (χ4n) is 8.96. The second kappa shape index (κ2) is 11.6. The predicted octanol–water partition coefficient (Wildman–Crippen LogP) is 14.3. The Labute approximate surface area is 316 Å². The second-order valence-electron chi connectivity index (χ2n) is 14.5. The minimum atomic E-state index is 0.911. The van der Waals surface area contributed by atoms with E-state index in [2.05, 4.69) is 191 Å². The molecule has 0 N–H and O–H groups in total. The van der Waals surface area contributed by atoms with Gasteiger partial charge in [-0.3, -0.25) is 0 Å². The van der Waals surface area contributed by atoms with Gasteiger partial charge in [-0.15, -0.1) is 0 Å². The Morgan fingerprint density at radius 3 is 1.51 bits per heavy atom. The van der Waals surface area contributed by atoms with Gasteiger partial charge in [0.25, 0.3) is 0 Å². The zero-order valence-electron chi connectivity index (χ0n) is 29.8. The molecule has 0 amide bonds. The van der Waals surface area contributed by atoms with Crippen LogP contribution in [0.15, 0.2) is 199 Å². The zero-order chi connectivity index (χ0) is 36.0. The van der Waals surface area contributed by atoms with Crippen molar-refractivity contribution in [3.8, 4) is 33.6 Å². The van der Waals surface area contributed by atoms with Crippen molar-refractivity contribution in [2.45, 2.75) is 0 Å². The Bertz CT molecular complexity index is 3480. The van der Waals surface area contributed by atoms with Gasteiger partial charge in [-0.2, -0.15) is 0 Å². The SMILES string of the molecule is c1ccc(-n2c3ccc(-c4ccc5oc6ccccc6c5c4)cc3c3cc(-c4ccc5c(c4)c4ccccc4n5-c4cccc5ccccc45)ccc32)cc1. The number of fused-ring (bicyclic) bond motifs is 10. The van der Waals surface area contributed by atoms with E-state index in [0.29, 0.717) is 0 Å². The van der Waals surface area contributed by atoms with E-state index in [0.717, 1.165) is 27.6 Å². The molecule has 0 aliphatic heterocycles. The summed E-state index contributed by atoms with van der Waals surface area (Å²) in [4.78, 5) is 0. The van der Waals surface area contributed by atoms with Gasteiger partial charge in [0.15, 0.2) is 0 Å². The molecule has 0 aliphatic carbocycles. The van der Waals surface area contributed by atoms with Crippen LogP contribution in [0.25, 0.3) is 110 Å². The third-order valence-electron chi connectivity index (χ3n) is 11.5. The quantitative estimate of drug-likeness (QED) is 0.179. The van der Waals surface area contributed by atoms with E-state index in [-0.39, 0.29) is 0 Å². The smallest absolute Gasteiger partial charge is 0.135 e. The first-order valence-electron chi connectivity index (χ1n) is 18.8. The lowest BCUT2D eigenvalue weighted by atomic mass is 9.98. The third-order valence-corrected chi connectivity index (χ3v) is 11.5. The lowest BCUT2D eigenvalue weighted by Crippen LogP contribution is -1.95. The molecule has 0 aliphatic rings. The molecule has 256 valence electrons. The molecular weight excluding hydrogens is 669 g/mol. The molecule has 0 saturated carbocycles. The van der Waals surface area contributed by atoms with Crippen LogP contribution in [0.3, 0.4) is 0 Å². The summed E-state index contributed by atoms with van der Waals surface area (Å²) in [6.45, 7) is 0. The summed E-state index contributed by atoms with van der Waals surface area (Å²) in [6, 6.07) is 70.4. The van der Waals surface area contributed by atoms with Crippen LogP contribution in [0.5, 0.6) is 0 Å². The van der Waals surface area contributed by atoms with E-state index in [1.54, 1.807) is 0 Å². The van der Waals surface area contributed by atoms with E-state index < -0.39 is 0 Å². The second-order valence-corrected chi connectivity index (χ2v) is 14.5. The van der Waals surface area contributed by atoms with Gasteiger partial charge in [0.1, 0.15) is 11.2 Å². The monoisotopic (exact) mass is 700 g/mol. The van der Waals surface area contributed by atoms with Gasteiger partial charge < -0.3 is 13.6 Å². The molecule has 3 aromatic heterocycles. The number of hydrogen-bond acceptors (Lipinski definition) is 1. The minimum absolute atomic E-state index is 0.911. The van der Waals surface area contributed by atoms with Crippen molar-refractivity contribution in [3.63, 3.8) is 0 Å². The lowest BCUT2D eigenvalue weighted by Gasteiger charge is -2.12. The summed E-state index contributed by atoms with van der Waals surface area (Å²) < 4.78 is 11.0. The number of aromatic nitrogens is 2. The highest BCUT2D eigenvalue weighted by Gasteiger charge is 2.18. The molecule has 0 radical (unpaired) electrons. The summed E-state index contributed by atoms with van der Waals surface area (Å²) in [5, 5.41) is 9.72. The molecule has 0 atom stereocenters. The Balaban J connectivity index is 1.06. The fourth-order valence-corrected chi connectivity index (χ4v) is 8.96. The van der Waals surface area contributed by atoms with Crippen molar-refractivity contribution in [2.24, 2.45) is 0 Å². The average molecular weight is 701 g/mol. The molecule has 0 fully saturated rings. The van der Waals surface area contributed by atoms with Crippen LogP contribution in [-0.2, 0) is 0 Å². The van der Waals surface area contributed by atoms with Crippen LogP contribution in [0.4, 0.5) is 0 Å². The van der Waals surface area contributed by atoms with Gasteiger partial charge in [0.2, 0.25) is 0 Å². The number of furan rings is 1. The van der Waals surface area contributed by atoms with Crippen LogP contribution in [-0.4, -0.2) is 9.13 Å². The first-order chi connectivity index (χ1) is 27.3. The maximum Gasteiger partial charge on any atom is 0.135 e. The van der Waals surface area contributed by atoms with Crippen LogP contribution in [0.1, 0.15) is 0 Å². The summed E-state index contributed by atoms with van der Waals surface area (Å²) in [7, 11) is 0. The molecule has 9 aromatic carbocycles. The molecule has 0 spiro atoms. The first-order valence-corrected chi connectivity index (χ1v) is 18.8. The van der Waals surface area contributed by atoms with Gasteiger partial charge in [-0.25, -0.2) is 0 Å². The van der Waals surface area contributed by atoms with E-state index in [4.69, 9.17) is 4.42 Å². The summed E-state index contributed by atoms with van der Waals surface area (Å²) in [5.41, 5.74) is 13.7. The van der Waals surface area contributed by atoms with Crippen molar-refractivity contribution < 1.29 is 4.42 Å². The Hall–Kier alpha value is -7.36. The maximum absolute atomic E-state index is 6.17. The van der Waals surface area contributed by atoms with Gasteiger partial charge >= 0.3 is 0 Å². The number of para-hydroxylation sites is 3. The molecule has 0 saturated heterocycles. The van der Waals surface area contributed by atoms with Gasteiger partial charge in [-0.05, 0) is 107 Å². The Kier molecular flexibility index (Phi) is 6.34. The standard InChI is InChI=1S/C52H32N2O/c1-2-13-38(14-3-1)53-48-25-21-35(30-43(48)44-31-36(22-26-49(44)53)37-24-28-52-45(32-37)41-17-7-9-20-51(41)55-52)34-23-27-50-42(29-34)40-16-6-8-18-47(40)54(50)46-19-10-12-33-11-4-5-15-39(33)46/h1-32H. The molecule has 0 bridgehead atoms. The van der Waals surface area contributed by atoms with E-state index in [9.17, 15) is 0 Å². The van der Waals surface area contributed by atoms with Crippen LogP contribution in [0.2, 0.25) is 0 Å². The first kappa shape index (κ1) is 30.1. The van der Waals surface area contributed by atoms with Crippen molar-refractivity contribution in [1.29, 1.82) is 0 Å². The topological polar surface area (TPSA) is 23.0 Å². The summed E-state index contributed by atoms with van der Waals surface area (Å²) in [5.74, 6) is 0. The van der Waals surface area contributed by atoms with E-state index >= 15 is 0 Å². The molecular formula is C52H32N2O. The molecule has 3 heterocycles. The third kappa shape index (κ3) is 4.50. The molecule has 12 rings (SSSR count). The lowest BCUT2D eigenvalue weighted by molar-refractivity contribution is 0.669. The molecule has 3 heteroatoms. The molecule has 0 unspecified atom stereocenters. The van der Waals surface area contributed by atoms with Gasteiger partial charge in [0, 0.05) is 43.4 Å². The summed E-state index contributed by atoms with van der Waals surface area (Å²) >= 11 is 0. The number of rotatable bonds is 4. The number of nitrogens with zero attached hydrogens (tertiary/aromatic N) is 2. The average Bonchev–Trinajstić information content (AvgIpc) is 3.90. The normalized spacial score (nSPS) is 12.0. The largest absolute Gasteiger partial charge is 0.456 e. The Morgan fingerprint density at radius 1 is 0.291 bits per heavy atom. The highest BCUT2D eigenvalue weighted by molar-refractivity contribution is 6.14. The molecule has 3 nitrogen and oxygen atoms in total. The molecule has 12 aromatic rings. The van der Waals surface area contributed by atoms with E-state index in [1.807, 2.05) is 12.1 Å². The predicted molar refractivity (Wildman–Crippen MR) is 231 cm³/mol. The van der Waals surface area contributed by atoms with Crippen LogP contribution >= 0.6 is 0 Å². The van der Waals surface area contributed by atoms with Crippen LogP contribution in [0, 0.1) is 0 Å². The number of benzene rings is 9. The number of hydrogen-bond donors (Lipinski definition) is 0. The summed E-state index contributed by atoms with van der Waals surface area (Å²) in [6.07, 6.45) is 0. The van der Waals surface area contributed by atoms with Gasteiger partial charge in [-0.1, -0.05) is 115 Å². The van der Waals surface area contributed by atoms with E-state index in [1.165, 1.54) is 82.3 Å². The highest BCUT2D eigenvalue weighted by atomic mass is 16.3. The minimum Gasteiger partial charge on any atom is -0.456 e. The van der Waals surface area contributed by atoms with Gasteiger partial charge in [0.05, 0.1) is 27.8 Å². The van der Waals surface area contributed by atoms with Crippen molar-refractivity contribution in [1.82, 2.24) is 9.13 Å². The van der Waals surface area contributed by atoms with Crippen LogP contribution < -0.4 is 0 Å². The highest BCUT2D eigenvalue weighted by Crippen LogP contribution is 2.41. The Morgan fingerprint density at radius 2 is 0.782 bits per heavy atom. The van der Waals surface area contributed by atoms with Crippen molar-refractivity contribution in [3.05, 3.63) is 194 Å². The van der Waals surface area contributed by atoms with Crippen molar-refractivity contribution in [2.75, 3.05) is 0 Å². The zero-order valence-corrected chi connectivity index (χ0v) is 29.8.